The maximum Gasteiger partial charge on any atom is 0.307 e. The first-order chi connectivity index (χ1) is 9.12. The number of rotatable bonds is 7. The van der Waals surface area contributed by atoms with Crippen LogP contribution in [0.15, 0.2) is 0 Å². The number of likely N-dealkylation sites (N-methyl/N-ethyl adjacent to an activating group) is 1. The molecule has 0 saturated carbocycles. The van der Waals surface area contributed by atoms with E-state index in [0.717, 1.165) is 39.0 Å². The van der Waals surface area contributed by atoms with Crippen LogP contribution in [-0.4, -0.2) is 61.6 Å². The van der Waals surface area contributed by atoms with Gasteiger partial charge in [-0.3, -0.25) is 9.69 Å². The third kappa shape index (κ3) is 5.11. The highest BCUT2D eigenvalue weighted by molar-refractivity contribution is 5.70. The second kappa shape index (κ2) is 8.54. The average molecular weight is 270 g/mol. The maximum absolute atomic E-state index is 11.8. The Morgan fingerprint density at radius 2 is 1.68 bits per heavy atom. The van der Waals surface area contributed by atoms with Gasteiger partial charge in [-0.1, -0.05) is 26.7 Å². The zero-order valence-corrected chi connectivity index (χ0v) is 13.0. The molecule has 0 amide bonds. The summed E-state index contributed by atoms with van der Waals surface area (Å²) in [6.45, 7) is 11.1. The highest BCUT2D eigenvalue weighted by atomic mass is 16.5. The lowest BCUT2D eigenvalue weighted by Crippen LogP contribution is -2.51. The molecule has 1 aliphatic rings. The van der Waals surface area contributed by atoms with Crippen LogP contribution in [0.1, 0.15) is 40.0 Å². The van der Waals surface area contributed by atoms with Gasteiger partial charge in [0, 0.05) is 32.2 Å². The molecule has 1 saturated heterocycles. The van der Waals surface area contributed by atoms with Gasteiger partial charge in [0.2, 0.25) is 0 Å². The third-order valence-electron chi connectivity index (χ3n) is 4.28. The smallest absolute Gasteiger partial charge is 0.307 e. The molecule has 0 aliphatic carbocycles. The van der Waals surface area contributed by atoms with E-state index in [2.05, 4.69) is 30.7 Å². The molecule has 0 aromatic heterocycles. The molecule has 1 heterocycles. The summed E-state index contributed by atoms with van der Waals surface area (Å²) < 4.78 is 5.15. The molecule has 1 unspecified atom stereocenters. The zero-order valence-electron chi connectivity index (χ0n) is 13.0. The normalized spacial score (nSPS) is 19.6. The summed E-state index contributed by atoms with van der Waals surface area (Å²) in [5.74, 6) is 0.547. The second-order valence-electron chi connectivity index (χ2n) is 5.49. The first-order valence-corrected chi connectivity index (χ1v) is 7.70. The van der Waals surface area contributed by atoms with Crippen molar-refractivity contribution in [2.75, 3.05) is 39.8 Å². The van der Waals surface area contributed by atoms with Crippen LogP contribution < -0.4 is 0 Å². The molecular formula is C15H30N2O2. The Kier molecular flexibility index (Phi) is 7.39. The van der Waals surface area contributed by atoms with Crippen molar-refractivity contribution in [2.24, 2.45) is 5.92 Å². The molecule has 4 nitrogen and oxygen atoms in total. The summed E-state index contributed by atoms with van der Waals surface area (Å²) in [6.07, 6.45) is 2.81. The number of esters is 1. The van der Waals surface area contributed by atoms with Crippen molar-refractivity contribution in [3.8, 4) is 0 Å². The Morgan fingerprint density at radius 3 is 2.16 bits per heavy atom. The second-order valence-corrected chi connectivity index (χ2v) is 5.49. The lowest BCUT2D eigenvalue weighted by molar-refractivity contribution is -0.145. The van der Waals surface area contributed by atoms with Crippen LogP contribution in [0.5, 0.6) is 0 Å². The quantitative estimate of drug-likeness (QED) is 0.662. The summed E-state index contributed by atoms with van der Waals surface area (Å²) in [6, 6.07) is 0.350. The first kappa shape index (κ1) is 16.4. The average Bonchev–Trinajstić information content (AvgIpc) is 2.40. The maximum atomic E-state index is 11.8. The Balaban J connectivity index is 2.65. The molecule has 0 bridgehead atoms. The standard InChI is InChI=1S/C15H30N2O2/c1-5-13(6-2)14(12-15(18)19-7-3)17-10-8-16(4)9-11-17/h13-14H,5-12H2,1-4H3. The van der Waals surface area contributed by atoms with Gasteiger partial charge in [0.1, 0.15) is 0 Å². The van der Waals surface area contributed by atoms with E-state index >= 15 is 0 Å². The van der Waals surface area contributed by atoms with Crippen LogP contribution in [0.25, 0.3) is 0 Å². The predicted molar refractivity (Wildman–Crippen MR) is 78.2 cm³/mol. The van der Waals surface area contributed by atoms with Crippen molar-refractivity contribution in [2.45, 2.75) is 46.1 Å². The van der Waals surface area contributed by atoms with Crippen LogP contribution in [0, 0.1) is 5.92 Å². The predicted octanol–water partition coefficient (Wildman–Crippen LogP) is 1.99. The Labute approximate surface area is 118 Å². The summed E-state index contributed by atoms with van der Waals surface area (Å²) in [5.41, 5.74) is 0. The van der Waals surface area contributed by atoms with Gasteiger partial charge in [-0.2, -0.15) is 0 Å². The Morgan fingerprint density at radius 1 is 1.11 bits per heavy atom. The van der Waals surface area contributed by atoms with Crippen molar-refractivity contribution in [3.63, 3.8) is 0 Å². The largest absolute Gasteiger partial charge is 0.466 e. The van der Waals surface area contributed by atoms with Crippen LogP contribution >= 0.6 is 0 Å². The number of ether oxygens (including phenoxy) is 1. The van der Waals surface area contributed by atoms with Gasteiger partial charge < -0.3 is 9.64 Å². The molecule has 1 rings (SSSR count). The molecule has 4 heteroatoms. The van der Waals surface area contributed by atoms with Crippen molar-refractivity contribution in [1.29, 1.82) is 0 Å². The van der Waals surface area contributed by atoms with Crippen molar-refractivity contribution < 1.29 is 9.53 Å². The fraction of sp³-hybridized carbons (Fsp3) is 0.933. The van der Waals surface area contributed by atoms with Gasteiger partial charge in [-0.05, 0) is 19.9 Å². The van der Waals surface area contributed by atoms with Crippen LogP contribution in [0.4, 0.5) is 0 Å². The highest BCUT2D eigenvalue weighted by Crippen LogP contribution is 2.23. The number of carbonyl (C=O) groups is 1. The number of carbonyl (C=O) groups excluding carboxylic acids is 1. The fourth-order valence-corrected chi connectivity index (χ4v) is 2.97. The molecule has 0 aromatic rings. The highest BCUT2D eigenvalue weighted by Gasteiger charge is 2.29. The lowest BCUT2D eigenvalue weighted by Gasteiger charge is -2.40. The number of hydrogen-bond acceptors (Lipinski definition) is 4. The number of piperazine rings is 1. The fourth-order valence-electron chi connectivity index (χ4n) is 2.97. The summed E-state index contributed by atoms with van der Waals surface area (Å²) >= 11 is 0. The molecule has 1 atom stereocenters. The molecule has 1 aliphatic heterocycles. The zero-order chi connectivity index (χ0) is 14.3. The van der Waals surface area contributed by atoms with Crippen molar-refractivity contribution >= 4 is 5.97 Å². The molecular weight excluding hydrogens is 240 g/mol. The lowest BCUT2D eigenvalue weighted by atomic mass is 9.90. The van der Waals surface area contributed by atoms with Gasteiger partial charge in [0.25, 0.3) is 0 Å². The molecule has 0 aromatic carbocycles. The topological polar surface area (TPSA) is 32.8 Å². The SMILES string of the molecule is CCOC(=O)CC(C(CC)CC)N1CCN(C)CC1. The first-order valence-electron chi connectivity index (χ1n) is 7.70. The number of nitrogens with zero attached hydrogens (tertiary/aromatic N) is 2. The summed E-state index contributed by atoms with van der Waals surface area (Å²) in [7, 11) is 2.16. The van der Waals surface area contributed by atoms with Gasteiger partial charge in [-0.25, -0.2) is 0 Å². The van der Waals surface area contributed by atoms with Gasteiger partial charge in [-0.15, -0.1) is 0 Å². The van der Waals surface area contributed by atoms with E-state index in [1.165, 1.54) is 0 Å². The van der Waals surface area contributed by atoms with Gasteiger partial charge in [0.15, 0.2) is 0 Å². The minimum atomic E-state index is -0.0432. The Bertz CT molecular complexity index is 259. The molecule has 0 radical (unpaired) electrons. The third-order valence-corrected chi connectivity index (χ3v) is 4.28. The molecule has 1 fully saturated rings. The van der Waals surface area contributed by atoms with E-state index in [9.17, 15) is 4.79 Å². The van der Waals surface area contributed by atoms with E-state index in [4.69, 9.17) is 4.74 Å². The van der Waals surface area contributed by atoms with Crippen LogP contribution in [0.3, 0.4) is 0 Å². The number of hydrogen-bond donors (Lipinski definition) is 0. The van der Waals surface area contributed by atoms with Crippen molar-refractivity contribution in [1.82, 2.24) is 9.80 Å². The van der Waals surface area contributed by atoms with E-state index in [0.29, 0.717) is 25.0 Å². The monoisotopic (exact) mass is 270 g/mol. The van der Waals surface area contributed by atoms with Gasteiger partial charge in [0.05, 0.1) is 13.0 Å². The van der Waals surface area contributed by atoms with Gasteiger partial charge >= 0.3 is 5.97 Å². The van der Waals surface area contributed by atoms with Crippen LogP contribution in [-0.2, 0) is 9.53 Å². The molecule has 0 spiro atoms. The molecule has 19 heavy (non-hydrogen) atoms. The minimum absolute atomic E-state index is 0.0432. The minimum Gasteiger partial charge on any atom is -0.466 e. The molecule has 0 N–H and O–H groups in total. The van der Waals surface area contributed by atoms with E-state index < -0.39 is 0 Å². The van der Waals surface area contributed by atoms with E-state index in [1.807, 2.05) is 6.92 Å². The molecule has 112 valence electrons. The summed E-state index contributed by atoms with van der Waals surface area (Å²) in [4.78, 5) is 16.7. The van der Waals surface area contributed by atoms with E-state index in [1.54, 1.807) is 0 Å². The van der Waals surface area contributed by atoms with Crippen molar-refractivity contribution in [3.05, 3.63) is 0 Å². The Hall–Kier alpha value is -0.610. The van der Waals surface area contributed by atoms with E-state index in [-0.39, 0.29) is 5.97 Å². The van der Waals surface area contributed by atoms with Crippen LogP contribution in [0.2, 0.25) is 0 Å². The summed E-state index contributed by atoms with van der Waals surface area (Å²) in [5, 5.41) is 0.